The van der Waals surface area contributed by atoms with Gasteiger partial charge in [0.25, 0.3) is 0 Å². The summed E-state index contributed by atoms with van der Waals surface area (Å²) >= 11 is 0. The van der Waals surface area contributed by atoms with E-state index in [0.29, 0.717) is 11.1 Å². The Bertz CT molecular complexity index is 860. The van der Waals surface area contributed by atoms with Crippen LogP contribution in [0, 0.1) is 6.92 Å². The van der Waals surface area contributed by atoms with Crippen LogP contribution in [0.1, 0.15) is 11.1 Å². The Hall–Kier alpha value is -2.24. The number of rotatable bonds is 4. The van der Waals surface area contributed by atoms with Gasteiger partial charge in [0.15, 0.2) is 0 Å². The van der Waals surface area contributed by atoms with E-state index in [4.69, 9.17) is 9.47 Å². The summed E-state index contributed by atoms with van der Waals surface area (Å²) in [6.07, 6.45) is -10.6. The van der Waals surface area contributed by atoms with Crippen molar-refractivity contribution in [3.8, 4) is 17.0 Å². The molecule has 158 valence electrons. The van der Waals surface area contributed by atoms with Crippen molar-refractivity contribution in [1.82, 2.24) is 4.98 Å². The number of hydrogen-bond donors (Lipinski definition) is 4. The molecule has 1 aromatic carbocycles. The summed E-state index contributed by atoms with van der Waals surface area (Å²) in [5, 5.41) is 38.9. The lowest BCUT2D eigenvalue weighted by molar-refractivity contribution is -0.277. The second kappa shape index (κ2) is 8.25. The van der Waals surface area contributed by atoms with Crippen LogP contribution in [-0.2, 0) is 10.9 Å². The molecule has 0 spiro atoms. The van der Waals surface area contributed by atoms with Gasteiger partial charge in [-0.3, -0.25) is 4.98 Å². The van der Waals surface area contributed by atoms with E-state index in [0.717, 1.165) is 18.3 Å². The normalized spacial score (nSPS) is 27.7. The largest absolute Gasteiger partial charge is 0.462 e. The number of aromatic nitrogens is 1. The number of aliphatic hydroxyl groups excluding tert-OH is 4. The van der Waals surface area contributed by atoms with Crippen LogP contribution in [0.3, 0.4) is 0 Å². The third-order valence-corrected chi connectivity index (χ3v) is 4.65. The number of nitrogens with zero attached hydrogens (tertiary/aromatic N) is 1. The third kappa shape index (κ3) is 4.51. The van der Waals surface area contributed by atoms with Crippen molar-refractivity contribution in [3.05, 3.63) is 47.7 Å². The first-order chi connectivity index (χ1) is 13.6. The van der Waals surface area contributed by atoms with Crippen LogP contribution in [0.25, 0.3) is 11.3 Å². The summed E-state index contributed by atoms with van der Waals surface area (Å²) in [7, 11) is 0. The lowest BCUT2D eigenvalue weighted by Gasteiger charge is -2.39. The Balaban J connectivity index is 1.82. The smallest absolute Gasteiger partial charge is 0.416 e. The molecule has 4 N–H and O–H groups in total. The Morgan fingerprint density at radius 1 is 1.07 bits per heavy atom. The van der Waals surface area contributed by atoms with Crippen LogP contribution >= 0.6 is 0 Å². The molecule has 2 aromatic rings. The molecule has 0 bridgehead atoms. The maximum Gasteiger partial charge on any atom is 0.416 e. The third-order valence-electron chi connectivity index (χ3n) is 4.65. The van der Waals surface area contributed by atoms with E-state index in [-0.39, 0.29) is 11.4 Å². The fourth-order valence-corrected chi connectivity index (χ4v) is 3.00. The second-order valence-electron chi connectivity index (χ2n) is 6.72. The minimum Gasteiger partial charge on any atom is -0.462 e. The van der Waals surface area contributed by atoms with Crippen LogP contribution in [0.5, 0.6) is 5.75 Å². The standard InChI is InChI=1S/C19H20F3NO6/c1-9-6-10(12-7-11(4-5-23-12)19(20,21)22)2-3-13(9)28-18-17(27)16(26)15(25)14(8-24)29-18/h2-7,14-18,24-27H,8H2,1H3/t14-,15-,16+,17+,18+/m1/s1. The molecule has 10 heteroatoms. The molecule has 29 heavy (non-hydrogen) atoms. The zero-order chi connectivity index (χ0) is 21.3. The van der Waals surface area contributed by atoms with Crippen LogP contribution in [0.15, 0.2) is 36.5 Å². The van der Waals surface area contributed by atoms with Crippen LogP contribution < -0.4 is 4.74 Å². The number of pyridine rings is 1. The topological polar surface area (TPSA) is 112 Å². The number of alkyl halides is 3. The van der Waals surface area contributed by atoms with Crippen molar-refractivity contribution in [2.75, 3.05) is 6.61 Å². The van der Waals surface area contributed by atoms with Gasteiger partial charge in [-0.1, -0.05) is 0 Å². The first-order valence-corrected chi connectivity index (χ1v) is 8.73. The van der Waals surface area contributed by atoms with E-state index in [1.165, 1.54) is 12.1 Å². The highest BCUT2D eigenvalue weighted by Gasteiger charge is 2.44. The monoisotopic (exact) mass is 415 g/mol. The minimum absolute atomic E-state index is 0.127. The quantitative estimate of drug-likeness (QED) is 0.595. The summed E-state index contributed by atoms with van der Waals surface area (Å²) < 4.78 is 49.6. The Labute approximate surface area is 164 Å². The van der Waals surface area contributed by atoms with Crippen molar-refractivity contribution in [1.29, 1.82) is 0 Å². The number of aliphatic hydroxyl groups is 4. The molecule has 7 nitrogen and oxygen atoms in total. The first kappa shape index (κ1) is 21.5. The molecule has 1 aliphatic rings. The lowest BCUT2D eigenvalue weighted by atomic mass is 9.99. The minimum atomic E-state index is -4.49. The molecule has 1 fully saturated rings. The van der Waals surface area contributed by atoms with Gasteiger partial charge in [0, 0.05) is 11.8 Å². The molecule has 0 aliphatic carbocycles. The molecular formula is C19H20F3NO6. The molecule has 5 atom stereocenters. The summed E-state index contributed by atoms with van der Waals surface area (Å²) in [6.45, 7) is 1.04. The Morgan fingerprint density at radius 3 is 2.41 bits per heavy atom. The van der Waals surface area contributed by atoms with Crippen LogP contribution in [0.2, 0.25) is 0 Å². The summed E-state index contributed by atoms with van der Waals surface area (Å²) in [6, 6.07) is 6.34. The number of halogens is 3. The van der Waals surface area contributed by atoms with Crippen molar-refractivity contribution in [3.63, 3.8) is 0 Å². The molecule has 2 heterocycles. The summed E-state index contributed by atoms with van der Waals surface area (Å²) in [5.74, 6) is 0.241. The Kier molecular flexibility index (Phi) is 6.11. The fourth-order valence-electron chi connectivity index (χ4n) is 3.00. The van der Waals surface area contributed by atoms with Gasteiger partial charge in [-0.2, -0.15) is 13.2 Å². The van der Waals surface area contributed by atoms with Gasteiger partial charge in [0.1, 0.15) is 30.2 Å². The molecule has 1 aliphatic heterocycles. The maximum absolute atomic E-state index is 12.9. The molecule has 0 amide bonds. The van der Waals surface area contributed by atoms with Crippen LogP contribution in [0.4, 0.5) is 13.2 Å². The van der Waals surface area contributed by atoms with Gasteiger partial charge >= 0.3 is 6.18 Å². The van der Waals surface area contributed by atoms with Gasteiger partial charge in [0.2, 0.25) is 6.29 Å². The number of ether oxygens (including phenoxy) is 2. The lowest BCUT2D eigenvalue weighted by Crippen LogP contribution is -2.60. The van der Waals surface area contributed by atoms with Gasteiger partial charge in [-0.15, -0.1) is 0 Å². The first-order valence-electron chi connectivity index (χ1n) is 8.73. The van der Waals surface area contributed by atoms with Crippen molar-refractivity contribution in [2.45, 2.75) is 43.8 Å². The molecule has 1 saturated heterocycles. The summed E-state index contributed by atoms with van der Waals surface area (Å²) in [5.41, 5.74) is 0.248. The van der Waals surface area contributed by atoms with Gasteiger partial charge in [0.05, 0.1) is 17.9 Å². The van der Waals surface area contributed by atoms with Gasteiger partial charge < -0.3 is 29.9 Å². The van der Waals surface area contributed by atoms with Crippen molar-refractivity contribution in [2.24, 2.45) is 0 Å². The molecule has 3 rings (SSSR count). The van der Waals surface area contributed by atoms with E-state index in [9.17, 15) is 33.6 Å². The van der Waals surface area contributed by atoms with E-state index in [2.05, 4.69) is 4.98 Å². The Morgan fingerprint density at radius 2 is 1.79 bits per heavy atom. The number of hydrogen-bond acceptors (Lipinski definition) is 7. The maximum atomic E-state index is 12.9. The van der Waals surface area contributed by atoms with E-state index < -0.39 is 49.1 Å². The summed E-state index contributed by atoms with van der Waals surface area (Å²) in [4.78, 5) is 3.97. The predicted octanol–water partition coefficient (Wildman–Crippen LogP) is 1.25. The van der Waals surface area contributed by atoms with Gasteiger partial charge in [-0.25, -0.2) is 0 Å². The highest BCUT2D eigenvalue weighted by Crippen LogP contribution is 2.33. The SMILES string of the molecule is Cc1cc(-c2cc(C(F)(F)F)ccn2)ccc1O[C@H]1O[C@H](CO)[C@@H](O)[C@H](O)[C@@H]1O. The highest BCUT2D eigenvalue weighted by molar-refractivity contribution is 5.62. The highest BCUT2D eigenvalue weighted by atomic mass is 19.4. The van der Waals surface area contributed by atoms with E-state index in [1.54, 1.807) is 13.0 Å². The molecule has 0 saturated carbocycles. The molecule has 0 unspecified atom stereocenters. The average Bonchev–Trinajstić information content (AvgIpc) is 2.69. The van der Waals surface area contributed by atoms with E-state index >= 15 is 0 Å². The second-order valence-corrected chi connectivity index (χ2v) is 6.72. The van der Waals surface area contributed by atoms with Crippen LogP contribution in [-0.4, -0.2) is 62.7 Å². The molecular weight excluding hydrogens is 395 g/mol. The zero-order valence-electron chi connectivity index (χ0n) is 15.2. The van der Waals surface area contributed by atoms with Crippen molar-refractivity contribution < 1.29 is 43.1 Å². The average molecular weight is 415 g/mol. The van der Waals surface area contributed by atoms with E-state index in [1.807, 2.05) is 0 Å². The zero-order valence-corrected chi connectivity index (χ0v) is 15.2. The fraction of sp³-hybridized carbons (Fsp3) is 0.421. The number of aryl methyl sites for hydroxylation is 1. The van der Waals surface area contributed by atoms with Crippen molar-refractivity contribution >= 4 is 0 Å². The number of benzene rings is 1. The molecule has 1 aromatic heterocycles. The van der Waals surface area contributed by atoms with Gasteiger partial charge in [-0.05, 0) is 42.8 Å². The predicted molar refractivity (Wildman–Crippen MR) is 93.8 cm³/mol. The molecule has 0 radical (unpaired) electrons.